The van der Waals surface area contributed by atoms with Gasteiger partial charge in [-0.25, -0.2) is 0 Å². The summed E-state index contributed by atoms with van der Waals surface area (Å²) in [6.07, 6.45) is 2.35. The zero-order valence-corrected chi connectivity index (χ0v) is 8.38. The maximum atomic E-state index is 11.1. The highest BCUT2D eigenvalue weighted by Gasteiger charge is 2.15. The lowest BCUT2D eigenvalue weighted by atomic mass is 9.92. The van der Waals surface area contributed by atoms with Crippen molar-refractivity contribution in [1.29, 1.82) is 0 Å². The number of amides is 1. The Balaban J connectivity index is 3.57. The molecule has 0 rings (SSSR count). The van der Waals surface area contributed by atoms with Gasteiger partial charge in [-0.2, -0.15) is 11.8 Å². The summed E-state index contributed by atoms with van der Waals surface area (Å²) in [5, 5.41) is 19.2. The van der Waals surface area contributed by atoms with Crippen molar-refractivity contribution in [2.45, 2.75) is 12.5 Å². The predicted octanol–water partition coefficient (Wildman–Crippen LogP) is -1.80. The molecule has 0 saturated carbocycles. The van der Waals surface area contributed by atoms with Crippen LogP contribution in [0.25, 0.3) is 0 Å². The van der Waals surface area contributed by atoms with Gasteiger partial charge in [-0.15, -0.1) is 0 Å². The van der Waals surface area contributed by atoms with E-state index in [2.05, 4.69) is 5.32 Å². The molecule has 0 aliphatic carbocycles. The number of carbonyl (C=O) groups is 1. The second-order valence-electron chi connectivity index (χ2n) is 2.61. The van der Waals surface area contributed by atoms with E-state index in [-0.39, 0.29) is 12.4 Å². The zero-order valence-electron chi connectivity index (χ0n) is 7.56. The monoisotopic (exact) mass is 206 g/mol. The lowest BCUT2D eigenvalue weighted by Gasteiger charge is -2.10. The van der Waals surface area contributed by atoms with Crippen LogP contribution in [0.4, 0.5) is 0 Å². The molecule has 5 N–H and O–H groups in total. The Morgan fingerprint density at radius 1 is 1.69 bits per heavy atom. The molecule has 5 nitrogen and oxygen atoms in total. The third kappa shape index (κ3) is 6.88. The molecule has 0 fully saturated rings. The highest BCUT2D eigenvalue weighted by Crippen LogP contribution is 1.98. The third-order valence-corrected chi connectivity index (χ3v) is 2.07. The van der Waals surface area contributed by atoms with Gasteiger partial charge in [0.25, 0.3) is 0 Å². The summed E-state index contributed by atoms with van der Waals surface area (Å²) in [6.45, 7) is 0. The lowest BCUT2D eigenvalue weighted by molar-refractivity contribution is -0.122. The van der Waals surface area contributed by atoms with Gasteiger partial charge in [0.2, 0.25) is 5.91 Å². The summed E-state index contributed by atoms with van der Waals surface area (Å²) < 4.78 is 0. The Morgan fingerprint density at radius 2 is 2.31 bits per heavy atom. The zero-order chi connectivity index (χ0) is 10.3. The van der Waals surface area contributed by atoms with Crippen LogP contribution in [0.3, 0.4) is 0 Å². The van der Waals surface area contributed by atoms with Crippen LogP contribution in [0.5, 0.6) is 0 Å². The fourth-order valence-electron chi connectivity index (χ4n) is 0.699. The quantitative estimate of drug-likeness (QED) is 0.384. The Hall–Kier alpha value is -0.235. The average Bonchev–Trinajstić information content (AvgIpc) is 2.10. The van der Waals surface area contributed by atoms with Crippen LogP contribution in [0.15, 0.2) is 0 Å². The molecule has 0 saturated heterocycles. The largest absolute Gasteiger partial charge is 0.472 e. The fourth-order valence-corrected chi connectivity index (χ4v) is 1.19. The van der Waals surface area contributed by atoms with Crippen LogP contribution in [0.1, 0.15) is 6.42 Å². The van der Waals surface area contributed by atoms with Gasteiger partial charge in [0.05, 0.1) is 12.5 Å². The first-order valence-corrected chi connectivity index (χ1v) is 5.35. The van der Waals surface area contributed by atoms with Crippen molar-refractivity contribution in [2.24, 2.45) is 5.73 Å². The summed E-state index contributed by atoms with van der Waals surface area (Å²) in [4.78, 5) is 11.1. The predicted molar refractivity (Wildman–Crippen MR) is 54.2 cm³/mol. The minimum absolute atomic E-state index is 0.175. The number of rotatable bonds is 6. The van der Waals surface area contributed by atoms with E-state index in [1.54, 1.807) is 11.8 Å². The minimum Gasteiger partial charge on any atom is -0.426 e. The van der Waals surface area contributed by atoms with Gasteiger partial charge in [0, 0.05) is 0 Å². The van der Waals surface area contributed by atoms with E-state index in [4.69, 9.17) is 15.8 Å². The van der Waals surface area contributed by atoms with Crippen LogP contribution >= 0.6 is 11.8 Å². The molecular weight excluding hydrogens is 191 g/mol. The number of hydrogen-bond donors (Lipinski definition) is 4. The molecule has 1 amide bonds. The van der Waals surface area contributed by atoms with Crippen LogP contribution in [-0.4, -0.2) is 47.6 Å². The molecular formula is C6H15BN2O3S. The molecule has 0 radical (unpaired) electrons. The molecule has 0 aliphatic heterocycles. The Morgan fingerprint density at radius 3 is 2.77 bits per heavy atom. The first-order valence-electron chi connectivity index (χ1n) is 3.96. The number of hydrogen-bond acceptors (Lipinski definition) is 5. The van der Waals surface area contributed by atoms with E-state index >= 15 is 0 Å². The van der Waals surface area contributed by atoms with Crippen molar-refractivity contribution >= 4 is 24.8 Å². The van der Waals surface area contributed by atoms with Gasteiger partial charge < -0.3 is 21.1 Å². The van der Waals surface area contributed by atoms with E-state index in [0.717, 1.165) is 5.75 Å². The number of nitrogens with two attached hydrogens (primary N) is 1. The maximum absolute atomic E-state index is 11.1. The van der Waals surface area contributed by atoms with Gasteiger partial charge in [-0.1, -0.05) is 0 Å². The molecule has 0 unspecified atom stereocenters. The van der Waals surface area contributed by atoms with Gasteiger partial charge in [-0.3, -0.25) is 4.79 Å². The Labute approximate surface area is 82.2 Å². The highest BCUT2D eigenvalue weighted by atomic mass is 32.2. The van der Waals surface area contributed by atoms with Crippen molar-refractivity contribution < 1.29 is 14.8 Å². The molecule has 1 atom stereocenters. The van der Waals surface area contributed by atoms with Crippen molar-refractivity contribution in [3.63, 3.8) is 0 Å². The van der Waals surface area contributed by atoms with Gasteiger partial charge in [0.1, 0.15) is 0 Å². The molecule has 0 spiro atoms. The summed E-state index contributed by atoms with van der Waals surface area (Å²) in [6, 6.07) is -0.564. The lowest BCUT2D eigenvalue weighted by Crippen LogP contribution is -2.44. The second-order valence-corrected chi connectivity index (χ2v) is 3.60. The SMILES string of the molecule is CSCC[C@H](N)C(=O)NCB(O)O. The van der Waals surface area contributed by atoms with Crippen molar-refractivity contribution in [3.05, 3.63) is 0 Å². The topological polar surface area (TPSA) is 95.6 Å². The molecule has 0 aromatic heterocycles. The first kappa shape index (κ1) is 12.8. The molecule has 0 aromatic carbocycles. The average molecular weight is 206 g/mol. The van der Waals surface area contributed by atoms with Crippen molar-refractivity contribution in [1.82, 2.24) is 5.32 Å². The summed E-state index contributed by atoms with van der Waals surface area (Å²) in [5.74, 6) is 0.471. The summed E-state index contributed by atoms with van der Waals surface area (Å²) >= 11 is 1.61. The first-order chi connectivity index (χ1) is 6.07. The number of carbonyl (C=O) groups excluding carboxylic acids is 1. The number of nitrogens with one attached hydrogen (secondary N) is 1. The summed E-state index contributed by atoms with van der Waals surface area (Å²) in [7, 11) is -1.52. The van der Waals surface area contributed by atoms with Crippen LogP contribution in [0, 0.1) is 0 Å². The molecule has 0 aliphatic rings. The number of thioether (sulfide) groups is 1. The van der Waals surface area contributed by atoms with Crippen molar-refractivity contribution in [2.75, 3.05) is 18.5 Å². The standard InChI is InChI=1S/C6H15BN2O3S/c1-13-3-2-5(8)6(10)9-4-7(11)12/h5,11-12H,2-4,8H2,1H3,(H,9,10)/t5-/m0/s1. The highest BCUT2D eigenvalue weighted by molar-refractivity contribution is 7.98. The van der Waals surface area contributed by atoms with E-state index in [1.165, 1.54) is 0 Å². The molecule has 76 valence electrons. The van der Waals surface area contributed by atoms with Crippen LogP contribution in [-0.2, 0) is 4.79 Å². The van der Waals surface area contributed by atoms with E-state index in [0.29, 0.717) is 6.42 Å². The van der Waals surface area contributed by atoms with Crippen LogP contribution < -0.4 is 11.1 Å². The van der Waals surface area contributed by atoms with Gasteiger partial charge >= 0.3 is 7.12 Å². The Bertz CT molecular complexity index is 159. The van der Waals surface area contributed by atoms with Crippen LogP contribution in [0.2, 0.25) is 0 Å². The van der Waals surface area contributed by atoms with Gasteiger partial charge in [0.15, 0.2) is 0 Å². The normalized spacial score (nSPS) is 12.3. The van der Waals surface area contributed by atoms with Crippen molar-refractivity contribution in [3.8, 4) is 0 Å². The molecule has 0 aromatic rings. The molecule has 13 heavy (non-hydrogen) atoms. The summed E-state index contributed by atoms with van der Waals surface area (Å²) in [5.41, 5.74) is 5.50. The maximum Gasteiger partial charge on any atom is 0.472 e. The van der Waals surface area contributed by atoms with Gasteiger partial charge in [-0.05, 0) is 18.4 Å². The fraction of sp³-hybridized carbons (Fsp3) is 0.833. The minimum atomic E-state index is -1.52. The van der Waals surface area contributed by atoms with E-state index < -0.39 is 13.2 Å². The van der Waals surface area contributed by atoms with E-state index in [1.807, 2.05) is 6.26 Å². The molecule has 0 bridgehead atoms. The smallest absolute Gasteiger partial charge is 0.426 e. The third-order valence-electron chi connectivity index (χ3n) is 1.43. The molecule has 0 heterocycles. The Kier molecular flexibility index (Phi) is 7.07. The second kappa shape index (κ2) is 7.20. The molecule has 7 heteroatoms. The van der Waals surface area contributed by atoms with E-state index in [9.17, 15) is 4.79 Å².